The average Bonchev–Trinajstić information content (AvgIpc) is 3.16. The highest BCUT2D eigenvalue weighted by molar-refractivity contribution is 5.79. The normalized spacial score (nSPS) is 28.6. The van der Waals surface area contributed by atoms with Crippen molar-refractivity contribution in [1.82, 2.24) is 4.90 Å². The number of nitrogens with zero attached hydrogens (tertiary/aromatic N) is 1. The Bertz CT molecular complexity index is 391. The van der Waals surface area contributed by atoms with Gasteiger partial charge in [-0.15, -0.1) is 0 Å². The number of allylic oxidation sites excluding steroid dienone is 2. The Kier molecular flexibility index (Phi) is 4.65. The molecule has 0 saturated carbocycles. The lowest BCUT2D eigenvalue weighted by atomic mass is 9.78. The van der Waals surface area contributed by atoms with Crippen LogP contribution in [0.15, 0.2) is 12.2 Å². The number of ether oxygens (including phenoxy) is 2. The van der Waals surface area contributed by atoms with Gasteiger partial charge in [-0.2, -0.15) is 0 Å². The van der Waals surface area contributed by atoms with Gasteiger partial charge in [0.05, 0.1) is 5.60 Å². The van der Waals surface area contributed by atoms with Gasteiger partial charge >= 0.3 is 0 Å². The van der Waals surface area contributed by atoms with E-state index in [0.717, 1.165) is 64.8 Å². The van der Waals surface area contributed by atoms with Crippen LogP contribution in [0.5, 0.6) is 0 Å². The molecule has 1 aliphatic carbocycles. The van der Waals surface area contributed by atoms with E-state index in [1.165, 1.54) is 0 Å². The molecule has 2 fully saturated rings. The molecule has 1 spiro atoms. The van der Waals surface area contributed by atoms with Gasteiger partial charge in [0.1, 0.15) is 0 Å². The maximum Gasteiger partial charge on any atom is 0.226 e. The number of rotatable bonds is 4. The van der Waals surface area contributed by atoms with E-state index in [1.807, 2.05) is 0 Å². The molecule has 0 radical (unpaired) electrons. The van der Waals surface area contributed by atoms with Crippen LogP contribution in [0.1, 0.15) is 38.5 Å². The Balaban J connectivity index is 1.55. The van der Waals surface area contributed by atoms with Gasteiger partial charge in [-0.1, -0.05) is 12.2 Å². The molecule has 0 aromatic heterocycles. The van der Waals surface area contributed by atoms with Crippen molar-refractivity contribution in [2.75, 3.05) is 33.4 Å². The third-order valence-electron chi connectivity index (χ3n) is 5.55. The molecule has 1 amide bonds. The summed E-state index contributed by atoms with van der Waals surface area (Å²) in [5.74, 6) is 1.15. The second-order valence-corrected chi connectivity index (χ2v) is 6.65. The zero-order valence-electron chi connectivity index (χ0n) is 13.1. The quantitative estimate of drug-likeness (QED) is 0.747. The molecule has 4 nitrogen and oxygen atoms in total. The van der Waals surface area contributed by atoms with Crippen molar-refractivity contribution < 1.29 is 14.3 Å². The molecule has 0 aromatic carbocycles. The number of carbonyl (C=O) groups is 1. The maximum atomic E-state index is 12.5. The number of hydrogen-bond donors (Lipinski definition) is 0. The fourth-order valence-corrected chi connectivity index (χ4v) is 4.19. The number of methoxy groups -OCH3 is 1. The van der Waals surface area contributed by atoms with E-state index in [0.29, 0.717) is 11.8 Å². The molecule has 0 bridgehead atoms. The largest absolute Gasteiger partial charge is 0.385 e. The van der Waals surface area contributed by atoms with E-state index in [2.05, 4.69) is 17.1 Å². The van der Waals surface area contributed by atoms with Crippen molar-refractivity contribution in [1.29, 1.82) is 0 Å². The number of carbonyl (C=O) groups excluding carboxylic acids is 1. The second-order valence-electron chi connectivity index (χ2n) is 6.65. The minimum atomic E-state index is 0.0171. The molecule has 3 aliphatic rings. The molecular formula is C17H27NO3. The van der Waals surface area contributed by atoms with E-state index < -0.39 is 0 Å². The van der Waals surface area contributed by atoms with Gasteiger partial charge < -0.3 is 14.4 Å². The third-order valence-corrected chi connectivity index (χ3v) is 5.55. The molecule has 3 rings (SSSR count). The van der Waals surface area contributed by atoms with Crippen LogP contribution in [0.2, 0.25) is 0 Å². The van der Waals surface area contributed by atoms with Crippen LogP contribution < -0.4 is 0 Å². The van der Waals surface area contributed by atoms with Gasteiger partial charge in [0.2, 0.25) is 5.91 Å². The monoisotopic (exact) mass is 293 g/mol. The summed E-state index contributed by atoms with van der Waals surface area (Å²) < 4.78 is 11.4. The summed E-state index contributed by atoms with van der Waals surface area (Å²) >= 11 is 0. The number of piperidine rings is 1. The highest BCUT2D eigenvalue weighted by Crippen LogP contribution is 2.42. The van der Waals surface area contributed by atoms with Gasteiger partial charge in [0, 0.05) is 39.3 Å². The predicted octanol–water partition coefficient (Wildman–Crippen LogP) is 2.39. The summed E-state index contributed by atoms with van der Waals surface area (Å²) in [6, 6.07) is 0. The molecule has 1 unspecified atom stereocenters. The molecule has 0 aromatic rings. The van der Waals surface area contributed by atoms with E-state index in [9.17, 15) is 4.79 Å². The van der Waals surface area contributed by atoms with Crippen molar-refractivity contribution in [3.05, 3.63) is 12.2 Å². The van der Waals surface area contributed by atoms with E-state index >= 15 is 0 Å². The van der Waals surface area contributed by atoms with Crippen LogP contribution in [-0.4, -0.2) is 49.8 Å². The molecule has 4 heteroatoms. The molecule has 2 aliphatic heterocycles. The average molecular weight is 293 g/mol. The highest BCUT2D eigenvalue weighted by Gasteiger charge is 2.46. The van der Waals surface area contributed by atoms with E-state index in [4.69, 9.17) is 9.47 Å². The minimum Gasteiger partial charge on any atom is -0.385 e. The Morgan fingerprint density at radius 2 is 2.05 bits per heavy atom. The summed E-state index contributed by atoms with van der Waals surface area (Å²) in [6.45, 7) is 3.40. The lowest BCUT2D eigenvalue weighted by Gasteiger charge is -2.42. The van der Waals surface area contributed by atoms with Gasteiger partial charge in [-0.05, 0) is 44.4 Å². The first-order valence-corrected chi connectivity index (χ1v) is 8.32. The topological polar surface area (TPSA) is 38.8 Å². The van der Waals surface area contributed by atoms with Crippen molar-refractivity contribution >= 4 is 5.91 Å². The fourth-order valence-electron chi connectivity index (χ4n) is 4.19. The van der Waals surface area contributed by atoms with E-state index in [-0.39, 0.29) is 11.5 Å². The third kappa shape index (κ3) is 3.02. The standard InChI is InChI=1S/C17H27NO3/c1-20-12-6-15-7-13-21-17(15)8-10-18(11-9-17)16(19)14-4-2-3-5-14/h2-3,14-15H,4-13H2,1H3. The zero-order valence-corrected chi connectivity index (χ0v) is 13.1. The molecule has 1 atom stereocenters. The zero-order chi connectivity index (χ0) is 14.7. The Morgan fingerprint density at radius 1 is 1.33 bits per heavy atom. The minimum absolute atomic E-state index is 0.0171. The van der Waals surface area contributed by atoms with Crippen molar-refractivity contribution in [2.45, 2.75) is 44.1 Å². The summed E-state index contributed by atoms with van der Waals surface area (Å²) in [4.78, 5) is 14.5. The van der Waals surface area contributed by atoms with Crippen LogP contribution in [0.3, 0.4) is 0 Å². The Labute approximate surface area is 127 Å². The van der Waals surface area contributed by atoms with Crippen LogP contribution in [0, 0.1) is 11.8 Å². The summed E-state index contributed by atoms with van der Waals surface area (Å²) in [5.41, 5.74) is 0.0171. The lowest BCUT2D eigenvalue weighted by Crippen LogP contribution is -2.50. The first-order valence-electron chi connectivity index (χ1n) is 8.32. The SMILES string of the molecule is COCCC1CCOC12CCN(C(=O)C1CC=CC1)CC2. The predicted molar refractivity (Wildman–Crippen MR) is 81.0 cm³/mol. The molecule has 0 N–H and O–H groups in total. The van der Waals surface area contributed by atoms with Gasteiger partial charge in [-0.3, -0.25) is 4.79 Å². The maximum absolute atomic E-state index is 12.5. The Hall–Kier alpha value is -0.870. The first-order chi connectivity index (χ1) is 10.2. The van der Waals surface area contributed by atoms with Gasteiger partial charge in [-0.25, -0.2) is 0 Å². The lowest BCUT2D eigenvalue weighted by molar-refractivity contribution is -0.141. The molecular weight excluding hydrogens is 266 g/mol. The molecule has 21 heavy (non-hydrogen) atoms. The van der Waals surface area contributed by atoms with Crippen molar-refractivity contribution in [3.8, 4) is 0 Å². The summed E-state index contributed by atoms with van der Waals surface area (Å²) in [7, 11) is 1.76. The van der Waals surface area contributed by atoms with Crippen molar-refractivity contribution in [3.63, 3.8) is 0 Å². The van der Waals surface area contributed by atoms with Crippen LogP contribution in [-0.2, 0) is 14.3 Å². The fraction of sp³-hybridized carbons (Fsp3) is 0.824. The van der Waals surface area contributed by atoms with Crippen LogP contribution >= 0.6 is 0 Å². The van der Waals surface area contributed by atoms with E-state index in [1.54, 1.807) is 7.11 Å². The van der Waals surface area contributed by atoms with Gasteiger partial charge in [0.25, 0.3) is 0 Å². The van der Waals surface area contributed by atoms with Crippen LogP contribution in [0.25, 0.3) is 0 Å². The molecule has 2 heterocycles. The smallest absolute Gasteiger partial charge is 0.226 e. The summed E-state index contributed by atoms with van der Waals surface area (Å²) in [6.07, 6.45) is 10.3. The number of likely N-dealkylation sites (tertiary alicyclic amines) is 1. The molecule has 118 valence electrons. The molecule has 2 saturated heterocycles. The number of amides is 1. The van der Waals surface area contributed by atoms with Gasteiger partial charge in [0.15, 0.2) is 0 Å². The number of hydrogen-bond acceptors (Lipinski definition) is 3. The second kappa shape index (κ2) is 6.49. The van der Waals surface area contributed by atoms with Crippen molar-refractivity contribution in [2.24, 2.45) is 11.8 Å². The highest BCUT2D eigenvalue weighted by atomic mass is 16.5. The Morgan fingerprint density at radius 3 is 2.71 bits per heavy atom. The van der Waals surface area contributed by atoms with Crippen LogP contribution in [0.4, 0.5) is 0 Å². The first kappa shape index (κ1) is 15.0. The summed E-state index contributed by atoms with van der Waals surface area (Å²) in [5, 5.41) is 0.